The van der Waals surface area contributed by atoms with Crippen molar-refractivity contribution in [2.24, 2.45) is 5.92 Å². The molecule has 0 aliphatic heterocycles. The molecule has 3 heteroatoms. The molecule has 0 amide bonds. The standard InChI is InChI=1S/C14H19BrIN/c1-2-17-14(10-5-3-4-6-10)12-9-11(16)7-8-13(12)15/h7-10,14,17H,2-6H2,1H3. The Balaban J connectivity index is 2.27. The summed E-state index contributed by atoms with van der Waals surface area (Å²) in [5.74, 6) is 0.810. The minimum atomic E-state index is 0.520. The van der Waals surface area contributed by atoms with Gasteiger partial charge in [0.1, 0.15) is 0 Å². The second-order valence-corrected chi connectivity index (χ2v) is 6.85. The number of hydrogen-bond donors (Lipinski definition) is 1. The zero-order valence-corrected chi connectivity index (χ0v) is 13.9. The maximum Gasteiger partial charge on any atom is 0.0360 e. The lowest BCUT2D eigenvalue weighted by molar-refractivity contribution is 0.373. The number of halogens is 2. The van der Waals surface area contributed by atoms with Gasteiger partial charge in [-0.3, -0.25) is 0 Å². The Bertz CT molecular complexity index is 374. The fourth-order valence-electron chi connectivity index (χ4n) is 2.79. The molecule has 0 heterocycles. The highest BCUT2D eigenvalue weighted by Crippen LogP contribution is 2.38. The van der Waals surface area contributed by atoms with E-state index in [1.165, 1.54) is 39.3 Å². The van der Waals surface area contributed by atoms with E-state index in [0.29, 0.717) is 6.04 Å². The molecule has 0 bridgehead atoms. The molecule has 0 radical (unpaired) electrons. The summed E-state index contributed by atoms with van der Waals surface area (Å²) in [6.45, 7) is 3.24. The van der Waals surface area contributed by atoms with Crippen LogP contribution in [0, 0.1) is 9.49 Å². The van der Waals surface area contributed by atoms with E-state index in [4.69, 9.17) is 0 Å². The van der Waals surface area contributed by atoms with Crippen LogP contribution in [-0.2, 0) is 0 Å². The maximum atomic E-state index is 3.70. The first kappa shape index (κ1) is 13.8. The molecule has 1 aromatic carbocycles. The Morgan fingerprint density at radius 3 is 2.76 bits per heavy atom. The first-order valence-electron chi connectivity index (χ1n) is 6.40. The Kier molecular flexibility index (Phi) is 5.30. The molecule has 1 nitrogen and oxygen atoms in total. The molecule has 1 fully saturated rings. The van der Waals surface area contributed by atoms with Crippen LogP contribution in [0.3, 0.4) is 0 Å². The van der Waals surface area contributed by atoms with Crippen molar-refractivity contribution in [2.75, 3.05) is 6.54 Å². The maximum absolute atomic E-state index is 3.70. The van der Waals surface area contributed by atoms with Crippen LogP contribution in [0.4, 0.5) is 0 Å². The summed E-state index contributed by atoms with van der Waals surface area (Å²) in [5, 5.41) is 3.68. The molecular weight excluding hydrogens is 389 g/mol. The molecule has 0 aromatic heterocycles. The van der Waals surface area contributed by atoms with Crippen LogP contribution in [0.5, 0.6) is 0 Å². The van der Waals surface area contributed by atoms with Crippen LogP contribution in [0.25, 0.3) is 0 Å². The lowest BCUT2D eigenvalue weighted by Crippen LogP contribution is -2.27. The first-order chi connectivity index (χ1) is 8.22. The minimum absolute atomic E-state index is 0.520. The Hall–Kier alpha value is 0.390. The third-order valence-corrected chi connectivity index (χ3v) is 4.98. The fraction of sp³-hybridized carbons (Fsp3) is 0.571. The average molecular weight is 408 g/mol. The average Bonchev–Trinajstić information content (AvgIpc) is 2.83. The molecule has 17 heavy (non-hydrogen) atoms. The zero-order chi connectivity index (χ0) is 12.3. The van der Waals surface area contributed by atoms with Crippen LogP contribution in [0.2, 0.25) is 0 Å². The lowest BCUT2D eigenvalue weighted by Gasteiger charge is -2.26. The molecule has 1 unspecified atom stereocenters. The van der Waals surface area contributed by atoms with E-state index < -0.39 is 0 Å². The molecule has 0 spiro atoms. The van der Waals surface area contributed by atoms with Crippen molar-refractivity contribution in [1.82, 2.24) is 5.32 Å². The van der Waals surface area contributed by atoms with Crippen molar-refractivity contribution < 1.29 is 0 Å². The van der Waals surface area contributed by atoms with Crippen molar-refractivity contribution in [3.05, 3.63) is 31.8 Å². The van der Waals surface area contributed by atoms with Gasteiger partial charge in [0, 0.05) is 14.1 Å². The second-order valence-electron chi connectivity index (χ2n) is 4.75. The summed E-state index contributed by atoms with van der Waals surface area (Å²) in [6, 6.07) is 7.17. The van der Waals surface area contributed by atoms with Crippen LogP contribution in [0.15, 0.2) is 22.7 Å². The highest BCUT2D eigenvalue weighted by Gasteiger charge is 2.26. The molecule has 0 saturated heterocycles. The topological polar surface area (TPSA) is 12.0 Å². The highest BCUT2D eigenvalue weighted by molar-refractivity contribution is 14.1. The van der Waals surface area contributed by atoms with Gasteiger partial charge in [-0.05, 0) is 71.7 Å². The van der Waals surface area contributed by atoms with Gasteiger partial charge >= 0.3 is 0 Å². The van der Waals surface area contributed by atoms with Crippen LogP contribution in [-0.4, -0.2) is 6.54 Å². The van der Waals surface area contributed by atoms with Gasteiger partial charge in [-0.1, -0.05) is 35.7 Å². The summed E-state index contributed by atoms with van der Waals surface area (Å²) < 4.78 is 2.57. The van der Waals surface area contributed by atoms with Gasteiger partial charge in [0.05, 0.1) is 0 Å². The summed E-state index contributed by atoms with van der Waals surface area (Å²) in [4.78, 5) is 0. The molecular formula is C14H19BrIN. The predicted molar refractivity (Wildman–Crippen MR) is 85.2 cm³/mol. The molecule has 1 atom stereocenters. The van der Waals surface area contributed by atoms with E-state index in [1.54, 1.807) is 0 Å². The van der Waals surface area contributed by atoms with Crippen molar-refractivity contribution in [1.29, 1.82) is 0 Å². The Morgan fingerprint density at radius 2 is 2.12 bits per heavy atom. The van der Waals surface area contributed by atoms with Gasteiger partial charge < -0.3 is 5.32 Å². The van der Waals surface area contributed by atoms with E-state index in [9.17, 15) is 0 Å². The Labute approximate surface area is 126 Å². The SMILES string of the molecule is CCNC(c1cc(I)ccc1Br)C1CCCC1. The van der Waals surface area contributed by atoms with Gasteiger partial charge in [0.25, 0.3) is 0 Å². The van der Waals surface area contributed by atoms with Crippen molar-refractivity contribution in [3.63, 3.8) is 0 Å². The van der Waals surface area contributed by atoms with E-state index in [0.717, 1.165) is 12.5 Å². The highest BCUT2D eigenvalue weighted by atomic mass is 127. The smallest absolute Gasteiger partial charge is 0.0360 e. The normalized spacial score (nSPS) is 18.5. The van der Waals surface area contributed by atoms with Crippen molar-refractivity contribution in [3.8, 4) is 0 Å². The number of nitrogens with one attached hydrogen (secondary N) is 1. The largest absolute Gasteiger partial charge is 0.310 e. The second kappa shape index (κ2) is 6.53. The van der Waals surface area contributed by atoms with Crippen molar-refractivity contribution >= 4 is 38.5 Å². The van der Waals surface area contributed by atoms with Gasteiger partial charge in [0.15, 0.2) is 0 Å². The van der Waals surface area contributed by atoms with Gasteiger partial charge in [-0.2, -0.15) is 0 Å². The van der Waals surface area contributed by atoms with Crippen LogP contribution >= 0.6 is 38.5 Å². The van der Waals surface area contributed by atoms with E-state index in [1.807, 2.05) is 0 Å². The minimum Gasteiger partial charge on any atom is -0.310 e. The molecule has 2 rings (SSSR count). The van der Waals surface area contributed by atoms with Gasteiger partial charge in [0.2, 0.25) is 0 Å². The summed E-state index contributed by atoms with van der Waals surface area (Å²) in [7, 11) is 0. The quantitative estimate of drug-likeness (QED) is 0.700. The molecule has 1 aliphatic rings. The third-order valence-electron chi connectivity index (χ3n) is 3.59. The fourth-order valence-corrected chi connectivity index (χ4v) is 3.80. The summed E-state index contributed by atoms with van der Waals surface area (Å²) in [5.41, 5.74) is 1.44. The molecule has 94 valence electrons. The molecule has 1 aromatic rings. The van der Waals surface area contributed by atoms with Crippen LogP contribution in [0.1, 0.15) is 44.2 Å². The summed E-state index contributed by atoms with van der Waals surface area (Å²) in [6.07, 6.45) is 5.54. The number of hydrogen-bond acceptors (Lipinski definition) is 1. The summed E-state index contributed by atoms with van der Waals surface area (Å²) >= 11 is 6.10. The van der Waals surface area contributed by atoms with Crippen LogP contribution < -0.4 is 5.32 Å². The van der Waals surface area contributed by atoms with Gasteiger partial charge in [-0.15, -0.1) is 0 Å². The van der Waals surface area contributed by atoms with E-state index in [2.05, 4.69) is 69.0 Å². The molecule has 1 saturated carbocycles. The number of rotatable bonds is 4. The molecule has 1 N–H and O–H groups in total. The van der Waals surface area contributed by atoms with Crippen molar-refractivity contribution in [2.45, 2.75) is 38.6 Å². The van der Waals surface area contributed by atoms with Gasteiger partial charge in [-0.25, -0.2) is 0 Å². The first-order valence-corrected chi connectivity index (χ1v) is 8.28. The predicted octanol–water partition coefficient (Wildman–Crippen LogP) is 4.89. The Morgan fingerprint density at radius 1 is 1.41 bits per heavy atom. The monoisotopic (exact) mass is 407 g/mol. The number of benzene rings is 1. The zero-order valence-electron chi connectivity index (χ0n) is 10.2. The van der Waals surface area contributed by atoms with E-state index >= 15 is 0 Å². The van der Waals surface area contributed by atoms with E-state index in [-0.39, 0.29) is 0 Å². The third kappa shape index (κ3) is 3.44. The lowest BCUT2D eigenvalue weighted by atomic mass is 9.91. The molecule has 1 aliphatic carbocycles.